The molecule has 1 fully saturated rings. The Morgan fingerprint density at radius 2 is 2.00 bits per heavy atom. The molecule has 1 amide bonds. The van der Waals surface area contributed by atoms with Gasteiger partial charge in [0.2, 0.25) is 5.91 Å². The van der Waals surface area contributed by atoms with Crippen LogP contribution in [0.15, 0.2) is 0 Å². The largest absolute Gasteiger partial charge is 0.388 e. The molecule has 0 aromatic rings. The second-order valence-corrected chi connectivity index (χ2v) is 5.54. The Morgan fingerprint density at radius 3 is 2.47 bits per heavy atom. The van der Waals surface area contributed by atoms with Gasteiger partial charge in [0.05, 0.1) is 11.6 Å². The predicted octanol–water partition coefficient (Wildman–Crippen LogP) is 1.12. The highest BCUT2D eigenvalue weighted by Gasteiger charge is 2.34. The molecule has 17 heavy (non-hydrogen) atoms. The maximum Gasteiger partial charge on any atom is 0.239 e. The molecule has 1 rings (SSSR count). The minimum atomic E-state index is -0.681. The van der Waals surface area contributed by atoms with Gasteiger partial charge in [0, 0.05) is 13.6 Å². The van der Waals surface area contributed by atoms with Crippen LogP contribution in [0.1, 0.15) is 46.0 Å². The summed E-state index contributed by atoms with van der Waals surface area (Å²) in [5.74, 6) is 0.128. The van der Waals surface area contributed by atoms with Gasteiger partial charge in [-0.1, -0.05) is 33.1 Å². The van der Waals surface area contributed by atoms with Crippen molar-refractivity contribution < 1.29 is 9.90 Å². The number of nitrogens with two attached hydrogens (primary N) is 1. The number of hydrogen-bond acceptors (Lipinski definition) is 3. The van der Waals surface area contributed by atoms with Gasteiger partial charge in [-0.3, -0.25) is 4.79 Å². The van der Waals surface area contributed by atoms with E-state index in [2.05, 4.69) is 0 Å². The van der Waals surface area contributed by atoms with Crippen molar-refractivity contribution in [3.05, 3.63) is 0 Å². The van der Waals surface area contributed by atoms with Gasteiger partial charge in [-0.25, -0.2) is 0 Å². The number of likely N-dealkylation sites (N-methyl/N-ethyl adjacent to an activating group) is 1. The fraction of sp³-hybridized carbons (Fsp3) is 0.923. The number of hydrogen-bond donors (Lipinski definition) is 2. The van der Waals surface area contributed by atoms with Gasteiger partial charge >= 0.3 is 0 Å². The first-order chi connectivity index (χ1) is 7.89. The highest BCUT2D eigenvalue weighted by Crippen LogP contribution is 2.30. The van der Waals surface area contributed by atoms with Gasteiger partial charge < -0.3 is 15.7 Å². The molecule has 100 valence electrons. The average Bonchev–Trinajstić information content (AvgIpc) is 2.72. The lowest BCUT2D eigenvalue weighted by Crippen LogP contribution is -2.50. The topological polar surface area (TPSA) is 66.6 Å². The van der Waals surface area contributed by atoms with E-state index in [-0.39, 0.29) is 11.8 Å². The molecule has 4 heteroatoms. The van der Waals surface area contributed by atoms with E-state index in [1.54, 1.807) is 11.9 Å². The summed E-state index contributed by atoms with van der Waals surface area (Å²) in [5, 5.41) is 10.3. The fourth-order valence-corrected chi connectivity index (χ4v) is 2.46. The van der Waals surface area contributed by atoms with Gasteiger partial charge in [0.15, 0.2) is 0 Å². The van der Waals surface area contributed by atoms with E-state index in [1.807, 2.05) is 13.8 Å². The number of carbonyl (C=O) groups is 1. The molecule has 0 bridgehead atoms. The number of nitrogens with zero attached hydrogens (tertiary/aromatic N) is 1. The molecule has 0 aromatic carbocycles. The molecule has 0 aliphatic heterocycles. The number of rotatable bonds is 5. The lowest BCUT2D eigenvalue weighted by Gasteiger charge is -2.31. The van der Waals surface area contributed by atoms with E-state index >= 15 is 0 Å². The summed E-state index contributed by atoms with van der Waals surface area (Å²) in [6.45, 7) is 4.43. The summed E-state index contributed by atoms with van der Waals surface area (Å²) < 4.78 is 0. The monoisotopic (exact) mass is 242 g/mol. The van der Waals surface area contributed by atoms with Crippen LogP contribution in [0, 0.1) is 5.92 Å². The number of aliphatic hydroxyl groups is 1. The van der Waals surface area contributed by atoms with Crippen molar-refractivity contribution in [3.63, 3.8) is 0 Å². The van der Waals surface area contributed by atoms with Crippen LogP contribution >= 0.6 is 0 Å². The zero-order valence-corrected chi connectivity index (χ0v) is 11.3. The third-order valence-electron chi connectivity index (χ3n) is 3.98. The first-order valence-corrected chi connectivity index (χ1v) is 6.62. The Labute approximate surface area is 104 Å². The van der Waals surface area contributed by atoms with Crippen molar-refractivity contribution in [2.24, 2.45) is 11.7 Å². The quantitative estimate of drug-likeness (QED) is 0.759. The molecule has 1 aliphatic rings. The zero-order valence-electron chi connectivity index (χ0n) is 11.3. The van der Waals surface area contributed by atoms with Gasteiger partial charge in [-0.05, 0) is 18.8 Å². The van der Waals surface area contributed by atoms with Crippen molar-refractivity contribution >= 4 is 5.91 Å². The van der Waals surface area contributed by atoms with E-state index < -0.39 is 11.6 Å². The molecule has 2 atom stereocenters. The van der Waals surface area contributed by atoms with Crippen molar-refractivity contribution in [3.8, 4) is 0 Å². The first kappa shape index (κ1) is 14.5. The second kappa shape index (κ2) is 5.83. The van der Waals surface area contributed by atoms with Crippen molar-refractivity contribution in [2.45, 2.75) is 57.6 Å². The van der Waals surface area contributed by atoms with Crippen LogP contribution in [-0.2, 0) is 4.79 Å². The van der Waals surface area contributed by atoms with Crippen LogP contribution < -0.4 is 5.73 Å². The molecular weight excluding hydrogens is 216 g/mol. The van der Waals surface area contributed by atoms with Gasteiger partial charge in [-0.2, -0.15) is 0 Å². The standard InChI is InChI=1S/C13H26N2O2/c1-4-10(2)11(14)12(16)15(3)9-13(17)7-5-6-8-13/h10-11,17H,4-9,14H2,1-3H3/t10-,11-/m0/s1. The Bertz CT molecular complexity index is 262. The summed E-state index contributed by atoms with van der Waals surface area (Å²) in [6, 6.07) is -0.449. The highest BCUT2D eigenvalue weighted by atomic mass is 16.3. The lowest BCUT2D eigenvalue weighted by molar-refractivity contribution is -0.135. The highest BCUT2D eigenvalue weighted by molar-refractivity contribution is 5.81. The van der Waals surface area contributed by atoms with Crippen LogP contribution in [0.2, 0.25) is 0 Å². The minimum absolute atomic E-state index is 0.0559. The SMILES string of the molecule is CC[C@H](C)[C@H](N)C(=O)N(C)CC1(O)CCCC1. The van der Waals surface area contributed by atoms with Crippen LogP contribution in [-0.4, -0.2) is 41.1 Å². The van der Waals surface area contributed by atoms with Gasteiger partial charge in [-0.15, -0.1) is 0 Å². The number of carbonyl (C=O) groups excluding carboxylic acids is 1. The molecule has 1 aliphatic carbocycles. The van der Waals surface area contributed by atoms with Crippen molar-refractivity contribution in [1.29, 1.82) is 0 Å². The van der Waals surface area contributed by atoms with Crippen LogP contribution in [0.25, 0.3) is 0 Å². The first-order valence-electron chi connectivity index (χ1n) is 6.62. The van der Waals surface area contributed by atoms with Gasteiger partial charge in [0.1, 0.15) is 0 Å². The zero-order chi connectivity index (χ0) is 13.1. The lowest BCUT2D eigenvalue weighted by atomic mass is 9.97. The van der Waals surface area contributed by atoms with E-state index in [9.17, 15) is 9.90 Å². The van der Waals surface area contributed by atoms with E-state index in [0.717, 1.165) is 32.1 Å². The second-order valence-electron chi connectivity index (χ2n) is 5.54. The average molecular weight is 242 g/mol. The molecule has 3 N–H and O–H groups in total. The molecule has 0 unspecified atom stereocenters. The Balaban J connectivity index is 2.51. The van der Waals surface area contributed by atoms with Crippen molar-refractivity contribution in [1.82, 2.24) is 4.90 Å². The van der Waals surface area contributed by atoms with Crippen LogP contribution in [0.4, 0.5) is 0 Å². The number of amides is 1. The maximum absolute atomic E-state index is 12.1. The van der Waals surface area contributed by atoms with Crippen LogP contribution in [0.5, 0.6) is 0 Å². The molecule has 1 saturated carbocycles. The molecule has 4 nitrogen and oxygen atoms in total. The summed E-state index contributed by atoms with van der Waals surface area (Å²) in [4.78, 5) is 13.7. The summed E-state index contributed by atoms with van der Waals surface area (Å²) in [7, 11) is 1.74. The molecule has 0 aromatic heterocycles. The summed E-state index contributed by atoms with van der Waals surface area (Å²) >= 11 is 0. The normalized spacial score (nSPS) is 22.2. The van der Waals surface area contributed by atoms with Gasteiger partial charge in [0.25, 0.3) is 0 Å². The smallest absolute Gasteiger partial charge is 0.239 e. The molecule has 0 radical (unpaired) electrons. The maximum atomic E-state index is 12.1. The Hall–Kier alpha value is -0.610. The molecule has 0 heterocycles. The molecule has 0 spiro atoms. The predicted molar refractivity (Wildman–Crippen MR) is 68.5 cm³/mol. The molecular formula is C13H26N2O2. The van der Waals surface area contributed by atoms with Crippen LogP contribution in [0.3, 0.4) is 0 Å². The van der Waals surface area contributed by atoms with E-state index in [0.29, 0.717) is 6.54 Å². The fourth-order valence-electron chi connectivity index (χ4n) is 2.46. The van der Waals surface area contributed by atoms with E-state index in [1.165, 1.54) is 0 Å². The third kappa shape index (κ3) is 3.68. The Morgan fingerprint density at radius 1 is 1.47 bits per heavy atom. The minimum Gasteiger partial charge on any atom is -0.388 e. The van der Waals surface area contributed by atoms with Crippen molar-refractivity contribution in [2.75, 3.05) is 13.6 Å². The third-order valence-corrected chi connectivity index (χ3v) is 3.98. The summed E-state index contributed by atoms with van der Waals surface area (Å²) in [6.07, 6.45) is 4.59. The molecule has 0 saturated heterocycles. The summed E-state index contributed by atoms with van der Waals surface area (Å²) in [5.41, 5.74) is 5.24. The Kier molecular flexibility index (Phi) is 4.95. The van der Waals surface area contributed by atoms with E-state index in [4.69, 9.17) is 5.73 Å².